The predicted molar refractivity (Wildman–Crippen MR) is 41.0 cm³/mol. The average molecular weight is 140 g/mol. The zero-order valence-corrected chi connectivity index (χ0v) is 5.95. The molecule has 0 aliphatic carbocycles. The topological polar surface area (TPSA) is 9.23 Å². The van der Waals surface area contributed by atoms with Crippen LogP contribution in [0.4, 0.5) is 0 Å². The van der Waals surface area contributed by atoms with E-state index in [0.717, 1.165) is 19.6 Å². The van der Waals surface area contributed by atoms with E-state index in [1.54, 1.807) is 0 Å². The quantitative estimate of drug-likeness (QED) is 0.391. The monoisotopic (exact) mass is 140 g/mol. The Hall–Kier alpha value is -0.300. The first kappa shape index (κ1) is 5.48. The van der Waals surface area contributed by atoms with Gasteiger partial charge in [-0.05, 0) is 18.1 Å². The molecule has 2 heterocycles. The fraction of sp³-hybridized carbons (Fsp3) is 0.429. The number of ether oxygens (including phenoxy) is 1. The van der Waals surface area contributed by atoms with Crippen LogP contribution in [0.5, 0.6) is 0 Å². The highest BCUT2D eigenvalue weighted by atomic mass is 32.1. The van der Waals surface area contributed by atoms with Gasteiger partial charge in [-0.2, -0.15) is 0 Å². The number of hydrogen-bond donors (Lipinski definition) is 1. The van der Waals surface area contributed by atoms with Crippen molar-refractivity contribution in [3.63, 3.8) is 0 Å². The number of allylic oxidation sites excluding steroid dienone is 1. The molecule has 0 fully saturated rings. The van der Waals surface area contributed by atoms with Crippen molar-refractivity contribution in [3.05, 3.63) is 16.6 Å². The van der Waals surface area contributed by atoms with Crippen LogP contribution < -0.4 is 0 Å². The van der Waals surface area contributed by atoms with E-state index in [0.29, 0.717) is 0 Å². The fourth-order valence-corrected chi connectivity index (χ4v) is 1.89. The Labute approximate surface area is 58.0 Å². The molecule has 1 nitrogen and oxygen atoms in total. The third-order valence-electron chi connectivity index (χ3n) is 1.56. The molecule has 2 rings (SSSR count). The standard InChI is InChI=1S/C7H8OS/c1-3-8-5-7-6(1)2-4-9-7/h2,9H,1,3,5H2. The largest absolute Gasteiger partial charge is 0.376 e. The van der Waals surface area contributed by atoms with Crippen LogP contribution in [0.2, 0.25) is 0 Å². The van der Waals surface area contributed by atoms with Crippen LogP contribution in [0.25, 0.3) is 0 Å². The highest BCUT2D eigenvalue weighted by Crippen LogP contribution is 2.24. The van der Waals surface area contributed by atoms with Gasteiger partial charge in [0, 0.05) is 4.91 Å². The molecule has 0 unspecified atom stereocenters. The van der Waals surface area contributed by atoms with Crippen LogP contribution >= 0.6 is 11.4 Å². The first-order valence-corrected chi connectivity index (χ1v) is 3.95. The van der Waals surface area contributed by atoms with Crippen molar-refractivity contribution in [2.24, 2.45) is 0 Å². The Morgan fingerprint density at radius 1 is 1.67 bits per heavy atom. The summed E-state index contributed by atoms with van der Waals surface area (Å²) in [7, 11) is 0. The van der Waals surface area contributed by atoms with Crippen LogP contribution in [0, 0.1) is 0 Å². The van der Waals surface area contributed by atoms with Crippen LogP contribution in [-0.4, -0.2) is 18.2 Å². The summed E-state index contributed by atoms with van der Waals surface area (Å²) >= 11 is 1.23. The minimum absolute atomic E-state index is 0.834. The molecule has 9 heavy (non-hydrogen) atoms. The van der Waals surface area contributed by atoms with Crippen molar-refractivity contribution >= 4 is 16.4 Å². The van der Waals surface area contributed by atoms with Gasteiger partial charge in [-0.3, -0.25) is 0 Å². The summed E-state index contributed by atoms with van der Waals surface area (Å²) in [6.45, 7) is 1.73. The second-order valence-corrected chi connectivity index (χ2v) is 3.18. The molecule has 0 saturated carbocycles. The molecular weight excluding hydrogens is 132 g/mol. The Morgan fingerprint density at radius 3 is 3.56 bits per heavy atom. The molecule has 2 aliphatic rings. The van der Waals surface area contributed by atoms with Crippen molar-refractivity contribution < 1.29 is 4.74 Å². The van der Waals surface area contributed by atoms with E-state index in [4.69, 9.17) is 4.74 Å². The molecule has 0 N–H and O–H groups in total. The summed E-state index contributed by atoms with van der Waals surface area (Å²) in [5.41, 5.74) is 1.46. The predicted octanol–water partition coefficient (Wildman–Crippen LogP) is 1.10. The van der Waals surface area contributed by atoms with E-state index in [-0.39, 0.29) is 0 Å². The Balaban J connectivity index is 2.32. The van der Waals surface area contributed by atoms with Gasteiger partial charge in [0.25, 0.3) is 0 Å². The molecule has 0 saturated heterocycles. The highest BCUT2D eigenvalue weighted by Gasteiger charge is 2.10. The lowest BCUT2D eigenvalue weighted by atomic mass is 10.1. The van der Waals surface area contributed by atoms with Crippen LogP contribution in [0.3, 0.4) is 0 Å². The zero-order chi connectivity index (χ0) is 6.10. The normalized spacial score (nSPS) is 24.0. The van der Waals surface area contributed by atoms with Gasteiger partial charge in [0.05, 0.1) is 13.2 Å². The molecule has 0 radical (unpaired) electrons. The highest BCUT2D eigenvalue weighted by molar-refractivity contribution is 8.01. The first-order chi connectivity index (χ1) is 4.47. The van der Waals surface area contributed by atoms with Gasteiger partial charge in [-0.15, -0.1) is 11.4 Å². The lowest BCUT2D eigenvalue weighted by molar-refractivity contribution is 0.153. The lowest BCUT2D eigenvalue weighted by Gasteiger charge is -2.12. The van der Waals surface area contributed by atoms with Gasteiger partial charge in [0.1, 0.15) is 0 Å². The molecular formula is C7H8OS. The van der Waals surface area contributed by atoms with E-state index < -0.39 is 0 Å². The van der Waals surface area contributed by atoms with Crippen molar-refractivity contribution in [3.8, 4) is 0 Å². The molecule has 0 aromatic carbocycles. The zero-order valence-electron chi connectivity index (χ0n) is 5.05. The van der Waals surface area contributed by atoms with Gasteiger partial charge in [-0.1, -0.05) is 5.02 Å². The summed E-state index contributed by atoms with van der Waals surface area (Å²) in [6, 6.07) is 0. The van der Waals surface area contributed by atoms with Crippen LogP contribution in [-0.2, 0) is 4.74 Å². The molecule has 0 atom stereocenters. The molecule has 2 aliphatic heterocycles. The molecule has 2 heteroatoms. The Bertz CT molecular complexity index is 201. The van der Waals surface area contributed by atoms with E-state index in [1.807, 2.05) is 0 Å². The Morgan fingerprint density at radius 2 is 2.67 bits per heavy atom. The summed E-state index contributed by atoms with van der Waals surface area (Å²) < 4.78 is 5.26. The van der Waals surface area contributed by atoms with Crippen molar-refractivity contribution in [2.45, 2.75) is 6.42 Å². The third kappa shape index (κ3) is 0.897. The summed E-state index contributed by atoms with van der Waals surface area (Å²) in [5.74, 6) is 0. The third-order valence-corrected chi connectivity index (χ3v) is 2.51. The van der Waals surface area contributed by atoms with E-state index >= 15 is 0 Å². The van der Waals surface area contributed by atoms with E-state index in [9.17, 15) is 0 Å². The maximum absolute atomic E-state index is 5.26. The number of thiol groups is 1. The van der Waals surface area contributed by atoms with Crippen molar-refractivity contribution in [2.75, 3.05) is 13.2 Å². The van der Waals surface area contributed by atoms with Gasteiger partial charge in [-0.25, -0.2) is 0 Å². The first-order valence-electron chi connectivity index (χ1n) is 3.06. The summed E-state index contributed by atoms with van der Waals surface area (Å²) in [4.78, 5) is 1.42. The summed E-state index contributed by atoms with van der Waals surface area (Å²) in [5, 5.41) is 3.16. The second kappa shape index (κ2) is 2.14. The fourth-order valence-electron chi connectivity index (χ4n) is 1.04. The average Bonchev–Trinajstić information content (AvgIpc) is 2.33. The lowest BCUT2D eigenvalue weighted by Crippen LogP contribution is -2.05. The van der Waals surface area contributed by atoms with Gasteiger partial charge in [0.2, 0.25) is 0 Å². The molecule has 0 aromatic rings. The molecule has 0 amide bonds. The van der Waals surface area contributed by atoms with Crippen LogP contribution in [0.1, 0.15) is 6.42 Å². The maximum Gasteiger partial charge on any atom is 0.0777 e. The minimum Gasteiger partial charge on any atom is -0.376 e. The van der Waals surface area contributed by atoms with Crippen molar-refractivity contribution in [1.29, 1.82) is 0 Å². The smallest absolute Gasteiger partial charge is 0.0777 e. The summed E-state index contributed by atoms with van der Waals surface area (Å²) in [6.07, 6.45) is 3.19. The van der Waals surface area contributed by atoms with E-state index in [2.05, 4.69) is 11.1 Å². The molecule has 48 valence electrons. The van der Waals surface area contributed by atoms with Crippen molar-refractivity contribution in [1.82, 2.24) is 0 Å². The molecule has 0 bridgehead atoms. The Kier molecular flexibility index (Phi) is 1.31. The van der Waals surface area contributed by atoms with Gasteiger partial charge in [0.15, 0.2) is 0 Å². The SMILES string of the molecule is C1=CC2=C(COCC2)[SH]=1. The van der Waals surface area contributed by atoms with Gasteiger partial charge >= 0.3 is 0 Å². The number of hydrogen-bond acceptors (Lipinski definition) is 1. The molecule has 0 aromatic heterocycles. The minimum atomic E-state index is 0.834. The van der Waals surface area contributed by atoms with E-state index in [1.165, 1.54) is 21.8 Å². The maximum atomic E-state index is 5.26. The van der Waals surface area contributed by atoms with Crippen LogP contribution in [0.15, 0.2) is 16.6 Å². The van der Waals surface area contributed by atoms with Gasteiger partial charge < -0.3 is 4.74 Å². The number of rotatable bonds is 0. The second-order valence-electron chi connectivity index (χ2n) is 2.16. The molecule has 0 spiro atoms.